The summed E-state index contributed by atoms with van der Waals surface area (Å²) in [7, 11) is 1.47. The van der Waals surface area contributed by atoms with Gasteiger partial charge in [-0.2, -0.15) is 0 Å². The van der Waals surface area contributed by atoms with Gasteiger partial charge in [0.1, 0.15) is 6.61 Å². The Morgan fingerprint density at radius 3 is 2.57 bits per heavy atom. The molecule has 0 unspecified atom stereocenters. The van der Waals surface area contributed by atoms with Gasteiger partial charge in [0.05, 0.1) is 18.1 Å². The second kappa shape index (κ2) is 6.67. The summed E-state index contributed by atoms with van der Waals surface area (Å²) in [6.07, 6.45) is 3.30. The third kappa shape index (κ3) is 3.46. The predicted molar refractivity (Wildman–Crippen MR) is 76.1 cm³/mol. The lowest BCUT2D eigenvalue weighted by Gasteiger charge is -2.12. The molecule has 7 nitrogen and oxygen atoms in total. The fourth-order valence-corrected chi connectivity index (χ4v) is 1.84. The van der Waals surface area contributed by atoms with E-state index in [-0.39, 0.29) is 18.8 Å². The normalized spacial score (nSPS) is 10.2. The van der Waals surface area contributed by atoms with Crippen LogP contribution in [-0.4, -0.2) is 17.0 Å². The Hall–Kier alpha value is -2.67. The number of nitro groups is 1. The number of nitro benzene ring substituents is 1. The van der Waals surface area contributed by atoms with Gasteiger partial charge >= 0.3 is 0 Å². The van der Waals surface area contributed by atoms with Gasteiger partial charge in [0.2, 0.25) is 0 Å². The first-order valence-corrected chi connectivity index (χ1v) is 6.22. The van der Waals surface area contributed by atoms with Crippen LogP contribution in [0, 0.1) is 10.1 Å². The summed E-state index contributed by atoms with van der Waals surface area (Å²) < 4.78 is 10.8. The van der Waals surface area contributed by atoms with Crippen molar-refractivity contribution in [3.63, 3.8) is 0 Å². The van der Waals surface area contributed by atoms with Crippen LogP contribution >= 0.6 is 0 Å². The van der Waals surface area contributed by atoms with Gasteiger partial charge in [-0.15, -0.1) is 0 Å². The lowest BCUT2D eigenvalue weighted by atomic mass is 10.1. The standard InChI is InChI=1S/C14H15N3O4/c1-20-13-6-11(8-15)12(17(18)19)7-14(13)21-9-10-2-4-16-5-3-10/h2-7H,8-9,15H2,1H3. The Balaban J connectivity index is 2.29. The van der Waals surface area contributed by atoms with E-state index >= 15 is 0 Å². The lowest BCUT2D eigenvalue weighted by molar-refractivity contribution is -0.385. The first kappa shape index (κ1) is 14.7. The minimum atomic E-state index is -0.485. The zero-order chi connectivity index (χ0) is 15.2. The Morgan fingerprint density at radius 2 is 2.00 bits per heavy atom. The SMILES string of the molecule is COc1cc(CN)c([N+](=O)[O-])cc1OCc1ccncc1. The molecule has 1 heterocycles. The molecule has 0 radical (unpaired) electrons. The number of hydrogen-bond acceptors (Lipinski definition) is 6. The fraction of sp³-hybridized carbons (Fsp3) is 0.214. The minimum Gasteiger partial charge on any atom is -0.493 e. The second-order valence-corrected chi connectivity index (χ2v) is 4.24. The van der Waals surface area contributed by atoms with Crippen LogP contribution in [0.1, 0.15) is 11.1 Å². The molecule has 0 aliphatic heterocycles. The number of rotatable bonds is 6. The third-order valence-corrected chi connectivity index (χ3v) is 2.93. The van der Waals surface area contributed by atoms with Gasteiger partial charge in [-0.1, -0.05) is 0 Å². The zero-order valence-electron chi connectivity index (χ0n) is 11.5. The highest BCUT2D eigenvalue weighted by atomic mass is 16.6. The van der Waals surface area contributed by atoms with Gasteiger partial charge in [0.15, 0.2) is 11.5 Å². The van der Waals surface area contributed by atoms with Crippen LogP contribution < -0.4 is 15.2 Å². The Morgan fingerprint density at radius 1 is 1.29 bits per heavy atom. The molecule has 0 aliphatic rings. The minimum absolute atomic E-state index is 0.0529. The number of aromatic nitrogens is 1. The summed E-state index contributed by atoms with van der Waals surface area (Å²) in [6, 6.07) is 6.46. The Kier molecular flexibility index (Phi) is 4.68. The maximum atomic E-state index is 11.1. The van der Waals surface area contributed by atoms with Gasteiger partial charge < -0.3 is 15.2 Å². The number of nitrogens with zero attached hydrogens (tertiary/aromatic N) is 2. The highest BCUT2D eigenvalue weighted by molar-refractivity contribution is 5.54. The molecule has 0 amide bonds. The quantitative estimate of drug-likeness (QED) is 0.645. The molecule has 2 aromatic rings. The molecule has 2 N–H and O–H groups in total. The summed E-state index contributed by atoms with van der Waals surface area (Å²) in [5.41, 5.74) is 6.74. The lowest BCUT2D eigenvalue weighted by Crippen LogP contribution is -2.05. The van der Waals surface area contributed by atoms with Crippen molar-refractivity contribution < 1.29 is 14.4 Å². The summed E-state index contributed by atoms with van der Waals surface area (Å²) in [4.78, 5) is 14.5. The van der Waals surface area contributed by atoms with E-state index in [0.29, 0.717) is 17.1 Å². The molecule has 0 atom stereocenters. The Labute approximate surface area is 121 Å². The summed E-state index contributed by atoms with van der Waals surface area (Å²) in [5.74, 6) is 0.716. The van der Waals surface area contributed by atoms with Crippen LogP contribution in [0.4, 0.5) is 5.69 Å². The second-order valence-electron chi connectivity index (χ2n) is 4.24. The van der Waals surface area contributed by atoms with Crippen LogP contribution in [0.15, 0.2) is 36.7 Å². The summed E-state index contributed by atoms with van der Waals surface area (Å²) >= 11 is 0. The number of methoxy groups -OCH3 is 1. The zero-order valence-corrected chi connectivity index (χ0v) is 11.5. The molecule has 110 valence electrons. The van der Waals surface area contributed by atoms with Crippen LogP contribution in [0.5, 0.6) is 11.5 Å². The average molecular weight is 289 g/mol. The van der Waals surface area contributed by atoms with Crippen LogP contribution in [0.25, 0.3) is 0 Å². The maximum Gasteiger partial charge on any atom is 0.277 e. The van der Waals surface area contributed by atoms with Gasteiger partial charge in [0.25, 0.3) is 5.69 Å². The topological polar surface area (TPSA) is 101 Å². The molecule has 7 heteroatoms. The smallest absolute Gasteiger partial charge is 0.277 e. The molecule has 21 heavy (non-hydrogen) atoms. The van der Waals surface area contributed by atoms with E-state index < -0.39 is 4.92 Å². The number of benzene rings is 1. The molecular formula is C14H15N3O4. The summed E-state index contributed by atoms with van der Waals surface area (Å²) in [6.45, 7) is 0.315. The predicted octanol–water partition coefficient (Wildman–Crippen LogP) is 2.04. The van der Waals surface area contributed by atoms with Crippen LogP contribution in [0.2, 0.25) is 0 Å². The Bertz CT molecular complexity index is 632. The van der Waals surface area contributed by atoms with Crippen molar-refractivity contribution in [3.05, 3.63) is 57.9 Å². The number of nitrogens with two attached hydrogens (primary N) is 1. The average Bonchev–Trinajstić information content (AvgIpc) is 2.52. The number of hydrogen-bond donors (Lipinski definition) is 1. The van der Waals surface area contributed by atoms with E-state index in [2.05, 4.69) is 4.98 Å². The first-order chi connectivity index (χ1) is 10.2. The molecule has 0 saturated heterocycles. The van der Waals surface area contributed by atoms with Crippen molar-refractivity contribution >= 4 is 5.69 Å². The molecule has 1 aromatic heterocycles. The van der Waals surface area contributed by atoms with Gasteiger partial charge in [-0.25, -0.2) is 0 Å². The van der Waals surface area contributed by atoms with E-state index in [4.69, 9.17) is 15.2 Å². The van der Waals surface area contributed by atoms with Crippen molar-refractivity contribution in [1.82, 2.24) is 4.98 Å². The number of pyridine rings is 1. The van der Waals surface area contributed by atoms with E-state index in [0.717, 1.165) is 5.56 Å². The van der Waals surface area contributed by atoms with E-state index in [9.17, 15) is 10.1 Å². The van der Waals surface area contributed by atoms with E-state index in [1.54, 1.807) is 24.5 Å². The summed E-state index contributed by atoms with van der Waals surface area (Å²) in [5, 5.41) is 11.1. The van der Waals surface area contributed by atoms with Crippen molar-refractivity contribution in [1.29, 1.82) is 0 Å². The molecular weight excluding hydrogens is 274 g/mol. The number of ether oxygens (including phenoxy) is 2. The monoisotopic (exact) mass is 289 g/mol. The maximum absolute atomic E-state index is 11.1. The molecule has 0 aliphatic carbocycles. The van der Waals surface area contributed by atoms with Crippen molar-refractivity contribution in [3.8, 4) is 11.5 Å². The van der Waals surface area contributed by atoms with Crippen LogP contribution in [-0.2, 0) is 13.2 Å². The van der Waals surface area contributed by atoms with E-state index in [1.165, 1.54) is 19.2 Å². The van der Waals surface area contributed by atoms with Gasteiger partial charge in [0, 0.05) is 24.5 Å². The van der Waals surface area contributed by atoms with Crippen molar-refractivity contribution in [2.75, 3.05) is 7.11 Å². The third-order valence-electron chi connectivity index (χ3n) is 2.93. The molecule has 1 aromatic carbocycles. The van der Waals surface area contributed by atoms with Crippen molar-refractivity contribution in [2.24, 2.45) is 5.73 Å². The van der Waals surface area contributed by atoms with Crippen molar-refractivity contribution in [2.45, 2.75) is 13.2 Å². The first-order valence-electron chi connectivity index (χ1n) is 6.22. The largest absolute Gasteiger partial charge is 0.493 e. The fourth-order valence-electron chi connectivity index (χ4n) is 1.84. The van der Waals surface area contributed by atoms with Gasteiger partial charge in [-0.3, -0.25) is 15.1 Å². The molecule has 0 spiro atoms. The molecule has 0 fully saturated rings. The molecule has 0 saturated carbocycles. The highest BCUT2D eigenvalue weighted by Crippen LogP contribution is 2.35. The highest BCUT2D eigenvalue weighted by Gasteiger charge is 2.18. The molecule has 2 rings (SSSR count). The van der Waals surface area contributed by atoms with E-state index in [1.807, 2.05) is 0 Å². The molecule has 0 bridgehead atoms. The van der Waals surface area contributed by atoms with Crippen LogP contribution in [0.3, 0.4) is 0 Å². The van der Waals surface area contributed by atoms with Gasteiger partial charge in [-0.05, 0) is 23.8 Å².